The molecule has 1 aromatic heterocycles. The van der Waals surface area contributed by atoms with Crippen LogP contribution in [0.4, 0.5) is 13.2 Å². The molecule has 0 radical (unpaired) electrons. The molecule has 0 aliphatic rings. The van der Waals surface area contributed by atoms with Crippen molar-refractivity contribution >= 4 is 17.4 Å². The van der Waals surface area contributed by atoms with E-state index in [0.29, 0.717) is 5.56 Å². The van der Waals surface area contributed by atoms with Crippen molar-refractivity contribution in [3.05, 3.63) is 63.9 Å². The summed E-state index contributed by atoms with van der Waals surface area (Å²) >= 11 is 5.79. The lowest BCUT2D eigenvalue weighted by atomic mass is 9.97. The number of rotatable bonds is 2. The minimum absolute atomic E-state index is 0.135. The Bertz CT molecular complexity index is 668. The normalized spacial score (nSPS) is 11.4. The number of alkyl halides is 3. The van der Waals surface area contributed by atoms with E-state index in [9.17, 15) is 18.0 Å². The van der Waals surface area contributed by atoms with E-state index in [1.165, 1.54) is 6.07 Å². The average molecular weight is 300 g/mol. The van der Waals surface area contributed by atoms with E-state index in [0.717, 1.165) is 18.5 Å². The van der Waals surface area contributed by atoms with Gasteiger partial charge in [-0.15, -0.1) is 0 Å². The zero-order valence-electron chi connectivity index (χ0n) is 10.3. The Balaban J connectivity index is 2.57. The molecular formula is C14H9ClF3NO. The highest BCUT2D eigenvalue weighted by atomic mass is 35.5. The summed E-state index contributed by atoms with van der Waals surface area (Å²) < 4.78 is 38.7. The Morgan fingerprint density at radius 2 is 1.90 bits per heavy atom. The highest BCUT2D eigenvalue weighted by molar-refractivity contribution is 6.31. The lowest BCUT2D eigenvalue weighted by molar-refractivity contribution is -0.137. The molecule has 0 fully saturated rings. The quantitative estimate of drug-likeness (QED) is 0.774. The third kappa shape index (κ3) is 2.82. The molecule has 2 nitrogen and oxygen atoms in total. The Morgan fingerprint density at radius 3 is 2.55 bits per heavy atom. The number of hydrogen-bond acceptors (Lipinski definition) is 2. The summed E-state index contributed by atoms with van der Waals surface area (Å²) in [5, 5.41) is 0.288. The molecule has 0 atom stereocenters. The number of pyridine rings is 1. The molecule has 0 unspecified atom stereocenters. The van der Waals surface area contributed by atoms with Crippen LogP contribution in [0.15, 0.2) is 36.7 Å². The zero-order valence-corrected chi connectivity index (χ0v) is 11.1. The van der Waals surface area contributed by atoms with Crippen LogP contribution in [0.25, 0.3) is 0 Å². The van der Waals surface area contributed by atoms with Gasteiger partial charge < -0.3 is 0 Å². The van der Waals surface area contributed by atoms with E-state index >= 15 is 0 Å². The molecule has 0 bridgehead atoms. The molecule has 0 amide bonds. The van der Waals surface area contributed by atoms with Gasteiger partial charge in [0.05, 0.1) is 11.1 Å². The van der Waals surface area contributed by atoms with Gasteiger partial charge in [-0.25, -0.2) is 0 Å². The fourth-order valence-corrected chi connectivity index (χ4v) is 1.98. The first-order valence-electron chi connectivity index (χ1n) is 5.63. The molecular weight excluding hydrogens is 291 g/mol. The molecule has 0 spiro atoms. The summed E-state index contributed by atoms with van der Waals surface area (Å²) in [7, 11) is 0. The number of carbonyl (C=O) groups is 1. The Morgan fingerprint density at radius 1 is 1.20 bits per heavy atom. The lowest BCUT2D eigenvalue weighted by Gasteiger charge is -2.12. The Kier molecular flexibility index (Phi) is 3.81. The van der Waals surface area contributed by atoms with Gasteiger partial charge in [0.25, 0.3) is 0 Å². The van der Waals surface area contributed by atoms with Crippen molar-refractivity contribution in [2.45, 2.75) is 13.1 Å². The van der Waals surface area contributed by atoms with E-state index < -0.39 is 23.1 Å². The lowest BCUT2D eigenvalue weighted by Crippen LogP contribution is -2.15. The van der Waals surface area contributed by atoms with Gasteiger partial charge in [-0.1, -0.05) is 17.7 Å². The molecule has 0 saturated carbocycles. The van der Waals surface area contributed by atoms with E-state index in [1.807, 2.05) is 0 Å². The summed E-state index contributed by atoms with van der Waals surface area (Å²) in [6.45, 7) is 1.63. The zero-order chi connectivity index (χ0) is 14.9. The van der Waals surface area contributed by atoms with Gasteiger partial charge in [-0.05, 0) is 30.7 Å². The molecule has 0 saturated heterocycles. The monoisotopic (exact) mass is 299 g/mol. The van der Waals surface area contributed by atoms with Gasteiger partial charge in [0, 0.05) is 23.0 Å². The van der Waals surface area contributed by atoms with Crippen LogP contribution in [0.3, 0.4) is 0 Å². The number of hydrogen-bond donors (Lipinski definition) is 0. The summed E-state index contributed by atoms with van der Waals surface area (Å²) in [4.78, 5) is 15.9. The maximum Gasteiger partial charge on any atom is 0.417 e. The summed E-state index contributed by atoms with van der Waals surface area (Å²) in [6, 6.07) is 5.29. The van der Waals surface area contributed by atoms with Crippen LogP contribution >= 0.6 is 11.6 Å². The molecule has 20 heavy (non-hydrogen) atoms. The van der Waals surface area contributed by atoms with Gasteiger partial charge >= 0.3 is 6.18 Å². The fourth-order valence-electron chi connectivity index (χ4n) is 1.81. The molecule has 2 rings (SSSR count). The summed E-state index contributed by atoms with van der Waals surface area (Å²) in [6.07, 6.45) is -2.68. The Hall–Kier alpha value is -1.88. The van der Waals surface area contributed by atoms with E-state index in [-0.39, 0.29) is 10.6 Å². The van der Waals surface area contributed by atoms with Crippen molar-refractivity contribution in [1.82, 2.24) is 4.98 Å². The first kappa shape index (κ1) is 14.5. The molecule has 0 aliphatic heterocycles. The van der Waals surface area contributed by atoms with E-state index in [1.54, 1.807) is 19.1 Å². The first-order valence-corrected chi connectivity index (χ1v) is 6.00. The predicted octanol–water partition coefficient (Wildman–Crippen LogP) is 4.29. The average Bonchev–Trinajstić information content (AvgIpc) is 2.40. The summed E-state index contributed by atoms with van der Waals surface area (Å²) in [5.41, 5.74) is -0.797. The first-order chi connectivity index (χ1) is 9.30. The second-order valence-electron chi connectivity index (χ2n) is 4.21. The van der Waals surface area contributed by atoms with Crippen molar-refractivity contribution in [2.75, 3.05) is 0 Å². The second kappa shape index (κ2) is 5.25. The van der Waals surface area contributed by atoms with Gasteiger partial charge in [0.1, 0.15) is 0 Å². The molecule has 0 N–H and O–H groups in total. The topological polar surface area (TPSA) is 30.0 Å². The highest BCUT2D eigenvalue weighted by Gasteiger charge is 2.35. The maximum atomic E-state index is 12.9. The number of nitrogens with zero attached hydrogens (tertiary/aromatic N) is 1. The van der Waals surface area contributed by atoms with Gasteiger partial charge in [-0.3, -0.25) is 9.78 Å². The third-order valence-electron chi connectivity index (χ3n) is 2.82. The predicted molar refractivity (Wildman–Crippen MR) is 68.9 cm³/mol. The molecule has 1 heterocycles. The van der Waals surface area contributed by atoms with Crippen LogP contribution in [0, 0.1) is 6.92 Å². The second-order valence-corrected chi connectivity index (χ2v) is 4.64. The Labute approximate surface area is 118 Å². The van der Waals surface area contributed by atoms with E-state index in [4.69, 9.17) is 11.6 Å². The number of halogens is 4. The third-order valence-corrected chi connectivity index (χ3v) is 3.05. The minimum Gasteiger partial charge on any atom is -0.289 e. The van der Waals surface area contributed by atoms with E-state index in [2.05, 4.69) is 4.98 Å². The number of aryl methyl sites for hydroxylation is 1. The van der Waals surface area contributed by atoms with Crippen molar-refractivity contribution in [1.29, 1.82) is 0 Å². The molecule has 104 valence electrons. The summed E-state index contributed by atoms with van der Waals surface area (Å²) in [5.74, 6) is -0.745. The molecule has 0 aliphatic carbocycles. The number of carbonyl (C=O) groups excluding carboxylic acids is 1. The van der Waals surface area contributed by atoms with Crippen molar-refractivity contribution in [3.63, 3.8) is 0 Å². The van der Waals surface area contributed by atoms with Crippen LogP contribution in [0.5, 0.6) is 0 Å². The van der Waals surface area contributed by atoms with Crippen LogP contribution < -0.4 is 0 Å². The van der Waals surface area contributed by atoms with Crippen molar-refractivity contribution < 1.29 is 18.0 Å². The SMILES string of the molecule is Cc1ccc(Cl)cc1C(=O)c1cnccc1C(F)(F)F. The van der Waals surface area contributed by atoms with Crippen LogP contribution in [-0.4, -0.2) is 10.8 Å². The minimum atomic E-state index is -4.61. The van der Waals surface area contributed by atoms with Crippen LogP contribution in [0.1, 0.15) is 27.0 Å². The van der Waals surface area contributed by atoms with Gasteiger partial charge in [0.2, 0.25) is 0 Å². The fraction of sp³-hybridized carbons (Fsp3) is 0.143. The van der Waals surface area contributed by atoms with Crippen LogP contribution in [-0.2, 0) is 6.18 Å². The van der Waals surface area contributed by atoms with Gasteiger partial charge in [-0.2, -0.15) is 13.2 Å². The number of ketones is 1. The van der Waals surface area contributed by atoms with Crippen molar-refractivity contribution in [2.24, 2.45) is 0 Å². The number of aromatic nitrogens is 1. The maximum absolute atomic E-state index is 12.9. The molecule has 1 aromatic carbocycles. The number of benzene rings is 1. The van der Waals surface area contributed by atoms with Crippen molar-refractivity contribution in [3.8, 4) is 0 Å². The largest absolute Gasteiger partial charge is 0.417 e. The standard InChI is InChI=1S/C14H9ClF3NO/c1-8-2-3-9(15)6-10(8)13(20)11-7-19-5-4-12(11)14(16,17)18/h2-7H,1H3. The molecule has 2 aromatic rings. The molecule has 6 heteroatoms. The van der Waals surface area contributed by atoms with Gasteiger partial charge in [0.15, 0.2) is 5.78 Å². The smallest absolute Gasteiger partial charge is 0.289 e. The van der Waals surface area contributed by atoms with Crippen LogP contribution in [0.2, 0.25) is 5.02 Å². The highest BCUT2D eigenvalue weighted by Crippen LogP contribution is 2.33.